The zero-order chi connectivity index (χ0) is 19.4. The van der Waals surface area contributed by atoms with Crippen LogP contribution in [0, 0.1) is 0 Å². The van der Waals surface area contributed by atoms with Crippen molar-refractivity contribution in [2.24, 2.45) is 0 Å². The number of carbonyl (C=O) groups is 4. The Labute approximate surface area is 158 Å². The van der Waals surface area contributed by atoms with Crippen molar-refractivity contribution in [3.63, 3.8) is 0 Å². The van der Waals surface area contributed by atoms with Gasteiger partial charge in [-0.15, -0.1) is 0 Å². The minimum atomic E-state index is -0.755. The van der Waals surface area contributed by atoms with E-state index in [1.54, 1.807) is 29.2 Å². The van der Waals surface area contributed by atoms with E-state index in [-0.39, 0.29) is 25.0 Å². The minimum Gasteiger partial charge on any atom is -0.454 e. The van der Waals surface area contributed by atoms with Gasteiger partial charge in [-0.3, -0.25) is 24.1 Å². The van der Waals surface area contributed by atoms with Gasteiger partial charge in [0.2, 0.25) is 5.91 Å². The summed E-state index contributed by atoms with van der Waals surface area (Å²) in [6.45, 7) is 1.88. The number of fused-ring (bicyclic) bond motifs is 1. The number of benzene rings is 1. The fraction of sp³-hybridized carbons (Fsp3) is 0.500. The Morgan fingerprint density at radius 2 is 1.96 bits per heavy atom. The Hall–Kier alpha value is -2.70. The highest BCUT2D eigenvalue weighted by Gasteiger charge is 2.33. The maximum absolute atomic E-state index is 12.5. The van der Waals surface area contributed by atoms with E-state index in [4.69, 9.17) is 4.74 Å². The van der Waals surface area contributed by atoms with Gasteiger partial charge in [0, 0.05) is 18.2 Å². The number of imide groups is 1. The molecular formula is C20H24N2O5. The highest BCUT2D eigenvalue weighted by molar-refractivity contribution is 6.11. The fourth-order valence-electron chi connectivity index (χ4n) is 3.71. The van der Waals surface area contributed by atoms with E-state index in [2.05, 4.69) is 0 Å². The maximum atomic E-state index is 12.5. The lowest BCUT2D eigenvalue weighted by Gasteiger charge is -2.35. The molecule has 1 saturated heterocycles. The van der Waals surface area contributed by atoms with Crippen LogP contribution in [0.15, 0.2) is 24.3 Å². The standard InChI is InChI=1S/C20H24N2O5/c1-2-15-8-5-6-10-21(15)18(24)13-27-19(25)12-22-17(23)11-14-7-3-4-9-16(14)20(22)26/h3-4,7,9,15H,2,5-6,8,10-13H2,1H3/t15-/m1/s1. The average Bonchev–Trinajstić information content (AvgIpc) is 2.69. The van der Waals surface area contributed by atoms with Gasteiger partial charge in [-0.2, -0.15) is 0 Å². The maximum Gasteiger partial charge on any atom is 0.326 e. The van der Waals surface area contributed by atoms with Crippen LogP contribution >= 0.6 is 0 Å². The average molecular weight is 372 g/mol. The van der Waals surface area contributed by atoms with Crippen LogP contribution in [-0.2, 0) is 25.5 Å². The Kier molecular flexibility index (Phi) is 5.88. The predicted octanol–water partition coefficient (Wildman–Crippen LogP) is 1.55. The zero-order valence-electron chi connectivity index (χ0n) is 15.5. The molecule has 0 aliphatic carbocycles. The van der Waals surface area contributed by atoms with Crippen molar-refractivity contribution in [1.82, 2.24) is 9.80 Å². The van der Waals surface area contributed by atoms with Crippen LogP contribution in [-0.4, -0.2) is 59.2 Å². The molecule has 144 valence electrons. The number of hydrogen-bond acceptors (Lipinski definition) is 5. The third-order valence-corrected chi connectivity index (χ3v) is 5.20. The largest absolute Gasteiger partial charge is 0.454 e. The van der Waals surface area contributed by atoms with Crippen LogP contribution in [0.5, 0.6) is 0 Å². The van der Waals surface area contributed by atoms with E-state index in [0.717, 1.165) is 30.6 Å². The lowest BCUT2D eigenvalue weighted by molar-refractivity contribution is -0.155. The van der Waals surface area contributed by atoms with E-state index >= 15 is 0 Å². The molecule has 3 rings (SSSR count). The Balaban J connectivity index is 1.56. The third kappa shape index (κ3) is 4.18. The molecule has 2 aliphatic rings. The van der Waals surface area contributed by atoms with E-state index < -0.39 is 24.3 Å². The Morgan fingerprint density at radius 3 is 2.74 bits per heavy atom. The van der Waals surface area contributed by atoms with Crippen LogP contribution in [0.25, 0.3) is 0 Å². The van der Waals surface area contributed by atoms with Crippen LogP contribution in [0.2, 0.25) is 0 Å². The monoisotopic (exact) mass is 372 g/mol. The number of carbonyl (C=O) groups excluding carboxylic acids is 4. The molecule has 7 nitrogen and oxygen atoms in total. The van der Waals surface area contributed by atoms with Crippen LogP contribution in [0.3, 0.4) is 0 Å². The van der Waals surface area contributed by atoms with Gasteiger partial charge in [0.25, 0.3) is 11.8 Å². The lowest BCUT2D eigenvalue weighted by atomic mass is 9.98. The Bertz CT molecular complexity index is 760. The molecule has 2 heterocycles. The topological polar surface area (TPSA) is 84.0 Å². The van der Waals surface area contributed by atoms with Crippen LogP contribution < -0.4 is 0 Å². The molecule has 0 radical (unpaired) electrons. The van der Waals surface area contributed by atoms with Gasteiger partial charge in [-0.25, -0.2) is 0 Å². The highest BCUT2D eigenvalue weighted by atomic mass is 16.5. The SMILES string of the molecule is CC[C@@H]1CCCCN1C(=O)COC(=O)CN1C(=O)Cc2ccccc2C1=O. The van der Waals surface area contributed by atoms with E-state index in [1.165, 1.54) is 0 Å². The smallest absolute Gasteiger partial charge is 0.326 e. The van der Waals surface area contributed by atoms with Gasteiger partial charge >= 0.3 is 5.97 Å². The molecule has 1 atom stereocenters. The second-order valence-corrected chi connectivity index (χ2v) is 6.92. The summed E-state index contributed by atoms with van der Waals surface area (Å²) < 4.78 is 5.06. The van der Waals surface area contributed by atoms with E-state index in [1.807, 2.05) is 6.92 Å². The first-order chi connectivity index (χ1) is 13.0. The summed E-state index contributed by atoms with van der Waals surface area (Å²) in [7, 11) is 0. The molecule has 0 N–H and O–H groups in total. The Morgan fingerprint density at radius 1 is 1.19 bits per heavy atom. The van der Waals surface area contributed by atoms with Crippen molar-refractivity contribution < 1.29 is 23.9 Å². The molecule has 27 heavy (non-hydrogen) atoms. The molecule has 0 unspecified atom stereocenters. The molecule has 1 fully saturated rings. The number of esters is 1. The second-order valence-electron chi connectivity index (χ2n) is 6.92. The normalized spacial score (nSPS) is 19.7. The first-order valence-electron chi connectivity index (χ1n) is 9.39. The van der Waals surface area contributed by atoms with E-state index in [0.29, 0.717) is 17.7 Å². The van der Waals surface area contributed by atoms with Gasteiger partial charge < -0.3 is 9.64 Å². The number of hydrogen-bond donors (Lipinski definition) is 0. The van der Waals surface area contributed by atoms with Gasteiger partial charge in [0.1, 0.15) is 6.54 Å². The van der Waals surface area contributed by atoms with Crippen LogP contribution in [0.4, 0.5) is 0 Å². The molecule has 3 amide bonds. The molecular weight excluding hydrogens is 348 g/mol. The molecule has 2 aliphatic heterocycles. The minimum absolute atomic E-state index is 0.0695. The number of ether oxygens (including phenoxy) is 1. The van der Waals surface area contributed by atoms with Crippen molar-refractivity contribution in [3.8, 4) is 0 Å². The van der Waals surface area contributed by atoms with Gasteiger partial charge in [0.15, 0.2) is 6.61 Å². The van der Waals surface area contributed by atoms with Crippen molar-refractivity contribution in [2.45, 2.75) is 45.1 Å². The van der Waals surface area contributed by atoms with Crippen molar-refractivity contribution in [3.05, 3.63) is 35.4 Å². The first-order valence-corrected chi connectivity index (χ1v) is 9.39. The number of rotatable bonds is 5. The van der Waals surface area contributed by atoms with Gasteiger partial charge in [0.05, 0.1) is 6.42 Å². The summed E-state index contributed by atoms with van der Waals surface area (Å²) in [5.41, 5.74) is 1.07. The molecule has 0 saturated carbocycles. The number of nitrogens with zero attached hydrogens (tertiary/aromatic N) is 2. The summed E-state index contributed by atoms with van der Waals surface area (Å²) in [5, 5.41) is 0. The number of piperidine rings is 1. The number of likely N-dealkylation sites (tertiary alicyclic amines) is 1. The van der Waals surface area contributed by atoms with Crippen molar-refractivity contribution in [2.75, 3.05) is 19.7 Å². The summed E-state index contributed by atoms with van der Waals surface area (Å²) in [6.07, 6.45) is 3.96. The number of amides is 3. The summed E-state index contributed by atoms with van der Waals surface area (Å²) in [4.78, 5) is 51.8. The molecule has 1 aromatic rings. The summed E-state index contributed by atoms with van der Waals surface area (Å²) in [6, 6.07) is 7.02. The molecule has 7 heteroatoms. The van der Waals surface area contributed by atoms with Crippen molar-refractivity contribution >= 4 is 23.7 Å². The molecule has 1 aromatic carbocycles. The highest BCUT2D eigenvalue weighted by Crippen LogP contribution is 2.20. The fourth-order valence-corrected chi connectivity index (χ4v) is 3.71. The molecule has 0 bridgehead atoms. The van der Waals surface area contributed by atoms with Crippen LogP contribution in [0.1, 0.15) is 48.5 Å². The lowest BCUT2D eigenvalue weighted by Crippen LogP contribution is -2.47. The third-order valence-electron chi connectivity index (χ3n) is 5.20. The molecule has 0 spiro atoms. The van der Waals surface area contributed by atoms with Crippen molar-refractivity contribution in [1.29, 1.82) is 0 Å². The van der Waals surface area contributed by atoms with Gasteiger partial charge in [-0.05, 0) is 37.3 Å². The van der Waals surface area contributed by atoms with E-state index in [9.17, 15) is 19.2 Å². The zero-order valence-corrected chi connectivity index (χ0v) is 15.5. The first kappa shape index (κ1) is 19.1. The summed E-state index contributed by atoms with van der Waals surface area (Å²) >= 11 is 0. The predicted molar refractivity (Wildman–Crippen MR) is 96.8 cm³/mol. The molecule has 0 aromatic heterocycles. The van der Waals surface area contributed by atoms with Gasteiger partial charge in [-0.1, -0.05) is 25.1 Å². The second kappa shape index (κ2) is 8.33. The quantitative estimate of drug-likeness (QED) is 0.578. The summed E-state index contributed by atoms with van der Waals surface area (Å²) in [5.74, 6) is -1.93.